The molecule has 3 heteroatoms. The van der Waals surface area contributed by atoms with Crippen LogP contribution in [-0.4, -0.2) is 21.3 Å². The first-order valence-electron chi connectivity index (χ1n) is 11.1. The first kappa shape index (κ1) is 22.7. The van der Waals surface area contributed by atoms with Crippen LogP contribution in [0.5, 0.6) is 17.2 Å². The van der Waals surface area contributed by atoms with Gasteiger partial charge in [-0.2, -0.15) is 0 Å². The standard InChI is InChI=1S/C28H34O3/c1-21(23-15-9-6-10-16-23)18-19-25-20-24(17-11-14-22-12-7-5-8-13-22)26(29-2)28(31-4)27(25)30-3/h5-10,12-13,15-16,20-21H,11,14,17-19H2,1-4H3. The van der Waals surface area contributed by atoms with Crippen molar-refractivity contribution >= 4 is 0 Å². The summed E-state index contributed by atoms with van der Waals surface area (Å²) in [6.07, 6.45) is 4.98. The van der Waals surface area contributed by atoms with E-state index in [1.807, 2.05) is 0 Å². The third kappa shape index (κ3) is 5.81. The highest BCUT2D eigenvalue weighted by Gasteiger charge is 2.21. The Bertz CT molecular complexity index is 935. The van der Waals surface area contributed by atoms with E-state index >= 15 is 0 Å². The van der Waals surface area contributed by atoms with Crippen molar-refractivity contribution in [1.82, 2.24) is 0 Å². The van der Waals surface area contributed by atoms with Crippen LogP contribution in [-0.2, 0) is 19.3 Å². The summed E-state index contributed by atoms with van der Waals surface area (Å²) in [5, 5.41) is 0. The number of rotatable bonds is 11. The minimum absolute atomic E-state index is 0.473. The summed E-state index contributed by atoms with van der Waals surface area (Å²) < 4.78 is 17.3. The zero-order valence-electron chi connectivity index (χ0n) is 19.2. The second-order valence-electron chi connectivity index (χ2n) is 7.98. The number of benzene rings is 3. The zero-order chi connectivity index (χ0) is 22.1. The van der Waals surface area contributed by atoms with Crippen LogP contribution >= 0.6 is 0 Å². The SMILES string of the molecule is COc1c(CCCc2ccccc2)cc(CCC(C)c2ccccc2)c(OC)c1OC. The lowest BCUT2D eigenvalue weighted by atomic mass is 9.92. The van der Waals surface area contributed by atoms with Crippen LogP contribution in [0.25, 0.3) is 0 Å². The molecule has 0 spiro atoms. The van der Waals surface area contributed by atoms with Crippen molar-refractivity contribution in [3.63, 3.8) is 0 Å². The summed E-state index contributed by atoms with van der Waals surface area (Å²) in [5.41, 5.74) is 5.08. The molecule has 3 aromatic carbocycles. The van der Waals surface area contributed by atoms with E-state index in [4.69, 9.17) is 14.2 Å². The molecule has 0 aliphatic heterocycles. The number of hydrogen-bond donors (Lipinski definition) is 0. The molecular formula is C28H34O3. The van der Waals surface area contributed by atoms with Crippen LogP contribution < -0.4 is 14.2 Å². The van der Waals surface area contributed by atoms with Gasteiger partial charge in [0.1, 0.15) is 0 Å². The highest BCUT2D eigenvalue weighted by Crippen LogP contribution is 2.44. The quantitative estimate of drug-likeness (QED) is 0.350. The lowest BCUT2D eigenvalue weighted by molar-refractivity contribution is 0.319. The second-order valence-corrected chi connectivity index (χ2v) is 7.98. The summed E-state index contributed by atoms with van der Waals surface area (Å²) in [6.45, 7) is 2.28. The Morgan fingerprint density at radius 1 is 0.645 bits per heavy atom. The number of ether oxygens (including phenoxy) is 3. The molecule has 164 valence electrons. The van der Waals surface area contributed by atoms with Crippen LogP contribution in [0.1, 0.15) is 47.9 Å². The molecular weight excluding hydrogens is 384 g/mol. The first-order valence-corrected chi connectivity index (χ1v) is 11.1. The van der Waals surface area contributed by atoms with Gasteiger partial charge in [-0.25, -0.2) is 0 Å². The monoisotopic (exact) mass is 418 g/mol. The maximum atomic E-state index is 5.77. The molecule has 0 heterocycles. The van der Waals surface area contributed by atoms with Crippen molar-refractivity contribution in [2.24, 2.45) is 0 Å². The van der Waals surface area contributed by atoms with E-state index in [9.17, 15) is 0 Å². The number of hydrogen-bond acceptors (Lipinski definition) is 3. The molecule has 3 nitrogen and oxygen atoms in total. The largest absolute Gasteiger partial charge is 0.492 e. The normalized spacial score (nSPS) is 11.7. The lowest BCUT2D eigenvalue weighted by Gasteiger charge is -2.20. The maximum absolute atomic E-state index is 5.77. The summed E-state index contributed by atoms with van der Waals surface area (Å²) in [4.78, 5) is 0. The van der Waals surface area contributed by atoms with Gasteiger partial charge in [-0.1, -0.05) is 67.6 Å². The van der Waals surface area contributed by atoms with Gasteiger partial charge in [-0.05, 0) is 66.3 Å². The molecule has 0 radical (unpaired) electrons. The molecule has 0 saturated heterocycles. The molecule has 0 aromatic heterocycles. The fraction of sp³-hybridized carbons (Fsp3) is 0.357. The third-order valence-electron chi connectivity index (χ3n) is 5.93. The highest BCUT2D eigenvalue weighted by atomic mass is 16.5. The smallest absolute Gasteiger partial charge is 0.203 e. The average Bonchev–Trinajstić information content (AvgIpc) is 2.83. The van der Waals surface area contributed by atoms with E-state index in [0.29, 0.717) is 11.7 Å². The van der Waals surface area contributed by atoms with Crippen molar-refractivity contribution in [1.29, 1.82) is 0 Å². The molecule has 3 aromatic rings. The topological polar surface area (TPSA) is 27.7 Å². The molecule has 0 bridgehead atoms. The van der Waals surface area contributed by atoms with Crippen LogP contribution in [0.3, 0.4) is 0 Å². The molecule has 0 N–H and O–H groups in total. The van der Waals surface area contributed by atoms with E-state index in [2.05, 4.69) is 73.7 Å². The zero-order valence-corrected chi connectivity index (χ0v) is 19.2. The van der Waals surface area contributed by atoms with Crippen LogP contribution in [0.4, 0.5) is 0 Å². The minimum atomic E-state index is 0.473. The van der Waals surface area contributed by atoms with Gasteiger partial charge in [0, 0.05) is 0 Å². The van der Waals surface area contributed by atoms with Crippen molar-refractivity contribution in [3.05, 3.63) is 89.0 Å². The summed E-state index contributed by atoms with van der Waals surface area (Å²) in [5.74, 6) is 2.74. The Balaban J connectivity index is 1.80. The van der Waals surface area contributed by atoms with Gasteiger partial charge >= 0.3 is 0 Å². The van der Waals surface area contributed by atoms with Gasteiger partial charge in [0.05, 0.1) is 21.3 Å². The number of methoxy groups -OCH3 is 3. The van der Waals surface area contributed by atoms with E-state index in [-0.39, 0.29) is 0 Å². The highest BCUT2D eigenvalue weighted by molar-refractivity contribution is 5.60. The predicted molar refractivity (Wildman–Crippen MR) is 128 cm³/mol. The Labute approximate surface area is 187 Å². The molecule has 0 saturated carbocycles. The lowest BCUT2D eigenvalue weighted by Crippen LogP contribution is -2.05. The Morgan fingerprint density at radius 3 is 1.77 bits per heavy atom. The molecule has 0 aliphatic carbocycles. The molecule has 3 rings (SSSR count). The molecule has 0 aliphatic rings. The van der Waals surface area contributed by atoms with Gasteiger partial charge in [0.15, 0.2) is 11.5 Å². The Morgan fingerprint density at radius 2 is 1.19 bits per heavy atom. The van der Waals surface area contributed by atoms with Crippen LogP contribution in [0.2, 0.25) is 0 Å². The van der Waals surface area contributed by atoms with Crippen LogP contribution in [0, 0.1) is 0 Å². The second kappa shape index (κ2) is 11.5. The molecule has 0 fully saturated rings. The summed E-state index contributed by atoms with van der Waals surface area (Å²) >= 11 is 0. The van der Waals surface area contributed by atoms with Crippen molar-refractivity contribution in [3.8, 4) is 17.2 Å². The Kier molecular flexibility index (Phi) is 8.40. The average molecular weight is 419 g/mol. The summed E-state index contributed by atoms with van der Waals surface area (Å²) in [6, 6.07) is 23.5. The molecule has 0 amide bonds. The molecule has 1 unspecified atom stereocenters. The van der Waals surface area contributed by atoms with Gasteiger partial charge in [-0.3, -0.25) is 0 Å². The van der Waals surface area contributed by atoms with Gasteiger partial charge in [0.25, 0.3) is 0 Å². The Hall–Kier alpha value is -2.94. The van der Waals surface area contributed by atoms with Gasteiger partial charge in [0.2, 0.25) is 5.75 Å². The van der Waals surface area contributed by atoms with E-state index in [1.165, 1.54) is 22.3 Å². The summed E-state index contributed by atoms with van der Waals surface area (Å²) in [7, 11) is 5.09. The van der Waals surface area contributed by atoms with E-state index in [0.717, 1.165) is 43.6 Å². The predicted octanol–water partition coefficient (Wildman–Crippen LogP) is 6.62. The maximum Gasteiger partial charge on any atom is 0.203 e. The van der Waals surface area contributed by atoms with E-state index in [1.54, 1.807) is 21.3 Å². The van der Waals surface area contributed by atoms with Crippen molar-refractivity contribution in [2.45, 2.75) is 44.9 Å². The van der Waals surface area contributed by atoms with Crippen molar-refractivity contribution < 1.29 is 14.2 Å². The van der Waals surface area contributed by atoms with Crippen LogP contribution in [0.15, 0.2) is 66.7 Å². The fourth-order valence-electron chi connectivity index (χ4n) is 4.19. The minimum Gasteiger partial charge on any atom is -0.492 e. The third-order valence-corrected chi connectivity index (χ3v) is 5.93. The van der Waals surface area contributed by atoms with Gasteiger partial charge < -0.3 is 14.2 Å². The molecule has 1 atom stereocenters. The first-order chi connectivity index (χ1) is 15.2. The molecule has 31 heavy (non-hydrogen) atoms. The number of aryl methyl sites for hydroxylation is 3. The fourth-order valence-corrected chi connectivity index (χ4v) is 4.19. The van der Waals surface area contributed by atoms with Gasteiger partial charge in [-0.15, -0.1) is 0 Å². The van der Waals surface area contributed by atoms with Crippen molar-refractivity contribution in [2.75, 3.05) is 21.3 Å². The van der Waals surface area contributed by atoms with E-state index < -0.39 is 0 Å².